The van der Waals surface area contributed by atoms with Gasteiger partial charge in [0.25, 0.3) is 0 Å². The Morgan fingerprint density at radius 1 is 1.22 bits per heavy atom. The topological polar surface area (TPSA) is 4.93 Å². The van der Waals surface area contributed by atoms with E-state index in [1.807, 2.05) is 0 Å². The highest BCUT2D eigenvalue weighted by Gasteiger charge is 2.09. The Morgan fingerprint density at radius 3 is 2.78 bits per heavy atom. The molecule has 1 atom stereocenters. The molecular formula is C16H22BrN. The number of nitrogens with zero attached hydrogens (tertiary/aromatic N) is 1. The summed E-state index contributed by atoms with van der Waals surface area (Å²) in [6, 6.07) is 8.75. The summed E-state index contributed by atoms with van der Waals surface area (Å²) in [4.78, 5) is 0. The molecular weight excluding hydrogens is 286 g/mol. The van der Waals surface area contributed by atoms with Gasteiger partial charge in [0.05, 0.1) is 0 Å². The molecule has 98 valence electrons. The molecule has 0 radical (unpaired) electrons. The van der Waals surface area contributed by atoms with Crippen LogP contribution >= 0.6 is 15.9 Å². The lowest BCUT2D eigenvalue weighted by Crippen LogP contribution is -2.09. The fourth-order valence-corrected chi connectivity index (χ4v) is 2.90. The van der Waals surface area contributed by atoms with Crippen LogP contribution in [0.2, 0.25) is 0 Å². The molecule has 1 heterocycles. The first kappa shape index (κ1) is 13.7. The van der Waals surface area contributed by atoms with Crippen molar-refractivity contribution in [1.29, 1.82) is 0 Å². The fourth-order valence-electron chi connectivity index (χ4n) is 2.53. The number of aromatic nitrogens is 1. The highest BCUT2D eigenvalue weighted by atomic mass is 79.9. The lowest BCUT2D eigenvalue weighted by atomic mass is 9.99. The number of fused-ring (bicyclic) bond motifs is 1. The van der Waals surface area contributed by atoms with Gasteiger partial charge in [0, 0.05) is 28.1 Å². The Balaban J connectivity index is 2.15. The maximum absolute atomic E-state index is 3.53. The van der Waals surface area contributed by atoms with Gasteiger partial charge in [-0.1, -0.05) is 49.0 Å². The van der Waals surface area contributed by atoms with Crippen molar-refractivity contribution in [3.05, 3.63) is 34.9 Å². The summed E-state index contributed by atoms with van der Waals surface area (Å²) in [6.45, 7) is 5.74. The standard InChI is InChI=1S/C16H22BrN/c1-3-5-6-13(4-2)12-18-10-9-14-11-15(17)7-8-16(14)18/h7-11,13H,3-6,12H2,1-2H3. The van der Waals surface area contributed by atoms with Crippen LogP contribution in [0, 0.1) is 5.92 Å². The molecule has 0 aliphatic heterocycles. The van der Waals surface area contributed by atoms with Gasteiger partial charge in [-0.15, -0.1) is 0 Å². The van der Waals surface area contributed by atoms with Gasteiger partial charge < -0.3 is 4.57 Å². The lowest BCUT2D eigenvalue weighted by Gasteiger charge is -2.16. The molecule has 1 unspecified atom stereocenters. The predicted octanol–water partition coefficient (Wildman–Crippen LogP) is 5.62. The van der Waals surface area contributed by atoms with Crippen molar-refractivity contribution in [3.63, 3.8) is 0 Å². The zero-order valence-electron chi connectivity index (χ0n) is 11.3. The first-order valence-corrected chi connectivity index (χ1v) is 7.78. The van der Waals surface area contributed by atoms with Gasteiger partial charge in [-0.05, 0) is 36.6 Å². The van der Waals surface area contributed by atoms with Crippen LogP contribution in [-0.4, -0.2) is 4.57 Å². The predicted molar refractivity (Wildman–Crippen MR) is 82.9 cm³/mol. The van der Waals surface area contributed by atoms with Crippen molar-refractivity contribution in [2.24, 2.45) is 5.92 Å². The summed E-state index contributed by atoms with van der Waals surface area (Å²) >= 11 is 3.53. The fraction of sp³-hybridized carbons (Fsp3) is 0.500. The molecule has 0 saturated carbocycles. The van der Waals surface area contributed by atoms with E-state index in [1.165, 1.54) is 36.6 Å². The minimum absolute atomic E-state index is 0.809. The van der Waals surface area contributed by atoms with Crippen LogP contribution in [0.5, 0.6) is 0 Å². The van der Waals surface area contributed by atoms with E-state index in [0.717, 1.165) is 16.9 Å². The molecule has 0 aliphatic rings. The number of halogens is 1. The van der Waals surface area contributed by atoms with Crippen LogP contribution in [0.15, 0.2) is 34.9 Å². The minimum atomic E-state index is 0.809. The lowest BCUT2D eigenvalue weighted by molar-refractivity contribution is 0.396. The average Bonchev–Trinajstić information content (AvgIpc) is 2.76. The third-order valence-corrected chi connectivity index (χ3v) is 4.22. The Morgan fingerprint density at radius 2 is 2.06 bits per heavy atom. The largest absolute Gasteiger partial charge is 0.347 e. The third-order valence-electron chi connectivity index (χ3n) is 3.73. The summed E-state index contributed by atoms with van der Waals surface area (Å²) in [5, 5.41) is 1.33. The molecule has 0 N–H and O–H groups in total. The quantitative estimate of drug-likeness (QED) is 0.652. The molecule has 0 saturated heterocycles. The van der Waals surface area contributed by atoms with Crippen molar-refractivity contribution < 1.29 is 0 Å². The van der Waals surface area contributed by atoms with Crippen molar-refractivity contribution in [1.82, 2.24) is 4.57 Å². The highest BCUT2D eigenvalue weighted by Crippen LogP contribution is 2.23. The zero-order valence-corrected chi connectivity index (χ0v) is 12.9. The molecule has 1 aromatic carbocycles. The minimum Gasteiger partial charge on any atom is -0.347 e. The number of hydrogen-bond acceptors (Lipinski definition) is 0. The van der Waals surface area contributed by atoms with E-state index in [-0.39, 0.29) is 0 Å². The highest BCUT2D eigenvalue weighted by molar-refractivity contribution is 9.10. The van der Waals surface area contributed by atoms with Gasteiger partial charge in [-0.3, -0.25) is 0 Å². The SMILES string of the molecule is CCCCC(CC)Cn1ccc2cc(Br)ccc21. The van der Waals surface area contributed by atoms with E-state index in [0.29, 0.717) is 0 Å². The molecule has 2 aromatic rings. The van der Waals surface area contributed by atoms with E-state index in [9.17, 15) is 0 Å². The van der Waals surface area contributed by atoms with E-state index in [1.54, 1.807) is 0 Å². The molecule has 0 amide bonds. The van der Waals surface area contributed by atoms with Gasteiger partial charge in [-0.2, -0.15) is 0 Å². The molecule has 0 aliphatic carbocycles. The normalized spacial score (nSPS) is 13.1. The third kappa shape index (κ3) is 3.17. The first-order valence-electron chi connectivity index (χ1n) is 6.99. The maximum Gasteiger partial charge on any atom is 0.0481 e. The smallest absolute Gasteiger partial charge is 0.0481 e. The Bertz CT molecular complexity index is 501. The summed E-state index contributed by atoms with van der Waals surface area (Å²) in [5.41, 5.74) is 1.35. The average molecular weight is 308 g/mol. The van der Waals surface area contributed by atoms with Crippen molar-refractivity contribution >= 4 is 26.8 Å². The molecule has 0 spiro atoms. The molecule has 18 heavy (non-hydrogen) atoms. The number of rotatable bonds is 6. The zero-order chi connectivity index (χ0) is 13.0. The summed E-state index contributed by atoms with van der Waals surface area (Å²) in [6.07, 6.45) is 7.50. The molecule has 1 nitrogen and oxygen atoms in total. The summed E-state index contributed by atoms with van der Waals surface area (Å²) < 4.78 is 3.57. The number of hydrogen-bond donors (Lipinski definition) is 0. The second-order valence-electron chi connectivity index (χ2n) is 5.09. The van der Waals surface area contributed by atoms with E-state index in [4.69, 9.17) is 0 Å². The van der Waals surface area contributed by atoms with Crippen LogP contribution in [0.4, 0.5) is 0 Å². The van der Waals surface area contributed by atoms with Crippen LogP contribution in [0.3, 0.4) is 0 Å². The van der Waals surface area contributed by atoms with Gasteiger partial charge in [0.1, 0.15) is 0 Å². The first-order chi connectivity index (χ1) is 8.74. The number of benzene rings is 1. The van der Waals surface area contributed by atoms with Gasteiger partial charge in [0.2, 0.25) is 0 Å². The maximum atomic E-state index is 3.53. The van der Waals surface area contributed by atoms with Crippen LogP contribution in [0.1, 0.15) is 39.5 Å². The van der Waals surface area contributed by atoms with E-state index in [2.05, 4.69) is 64.8 Å². The van der Waals surface area contributed by atoms with Crippen molar-refractivity contribution in [3.8, 4) is 0 Å². The molecule has 2 heteroatoms. The van der Waals surface area contributed by atoms with Crippen molar-refractivity contribution in [2.75, 3.05) is 0 Å². The van der Waals surface area contributed by atoms with Crippen LogP contribution in [-0.2, 0) is 6.54 Å². The molecule has 1 aromatic heterocycles. The second-order valence-corrected chi connectivity index (χ2v) is 6.00. The molecule has 0 bridgehead atoms. The molecule has 2 rings (SSSR count). The van der Waals surface area contributed by atoms with Gasteiger partial charge in [0.15, 0.2) is 0 Å². The summed E-state index contributed by atoms with van der Waals surface area (Å²) in [5.74, 6) is 0.809. The van der Waals surface area contributed by atoms with E-state index >= 15 is 0 Å². The van der Waals surface area contributed by atoms with E-state index < -0.39 is 0 Å². The van der Waals surface area contributed by atoms with Crippen LogP contribution in [0.25, 0.3) is 10.9 Å². The molecule has 0 fully saturated rings. The monoisotopic (exact) mass is 307 g/mol. The van der Waals surface area contributed by atoms with Gasteiger partial charge >= 0.3 is 0 Å². The van der Waals surface area contributed by atoms with Crippen LogP contribution < -0.4 is 0 Å². The van der Waals surface area contributed by atoms with Gasteiger partial charge in [-0.25, -0.2) is 0 Å². The second kappa shape index (κ2) is 6.42. The summed E-state index contributed by atoms with van der Waals surface area (Å²) in [7, 11) is 0. The Labute approximate surface area is 118 Å². The Hall–Kier alpha value is -0.760. The Kier molecular flexibility index (Phi) is 4.87. The van der Waals surface area contributed by atoms with Crippen molar-refractivity contribution in [2.45, 2.75) is 46.1 Å². The number of unbranched alkanes of at least 4 members (excludes halogenated alkanes) is 1.